The summed E-state index contributed by atoms with van der Waals surface area (Å²) in [6.07, 6.45) is 2.74. The number of hydrogen-bond donors (Lipinski definition) is 1. The van der Waals surface area contributed by atoms with Gasteiger partial charge in [-0.2, -0.15) is 4.31 Å². The van der Waals surface area contributed by atoms with Gasteiger partial charge in [-0.25, -0.2) is 8.42 Å². The van der Waals surface area contributed by atoms with E-state index in [0.29, 0.717) is 37.2 Å². The Morgan fingerprint density at radius 2 is 1.97 bits per heavy atom. The van der Waals surface area contributed by atoms with Crippen LogP contribution < -0.4 is 10.2 Å². The molecule has 9 heteroatoms. The first-order valence-electron chi connectivity index (χ1n) is 10.2. The molecule has 1 amide bonds. The standard InChI is InChI=1S/C20H29N3O4S2/c1-4-10-23-17-7-6-16(13-18(17)28-20(23)25)29(26,27)22-11-8-15(9-12-22)19(24)21-14(3)5-2/h6-7,13-15H,4-5,8-12H2,1-3H3,(H,21,24)/t14-/m1/s1. The Morgan fingerprint density at radius 1 is 1.28 bits per heavy atom. The van der Waals surface area contributed by atoms with Gasteiger partial charge in [0.05, 0.1) is 15.1 Å². The van der Waals surface area contributed by atoms with Crippen LogP contribution in [-0.2, 0) is 21.4 Å². The number of thiazole rings is 1. The molecule has 0 saturated carbocycles. The second-order valence-electron chi connectivity index (χ2n) is 7.65. The molecular formula is C20H29N3O4S2. The molecule has 0 aliphatic carbocycles. The molecule has 3 rings (SSSR count). The first-order valence-corrected chi connectivity index (χ1v) is 12.5. The van der Waals surface area contributed by atoms with Crippen LogP contribution in [0.25, 0.3) is 10.2 Å². The summed E-state index contributed by atoms with van der Waals surface area (Å²) < 4.78 is 30.0. The summed E-state index contributed by atoms with van der Waals surface area (Å²) in [5, 5.41) is 2.99. The van der Waals surface area contributed by atoms with Crippen LogP contribution in [0.4, 0.5) is 0 Å². The highest BCUT2D eigenvalue weighted by atomic mass is 32.2. The molecule has 1 aromatic carbocycles. The average molecular weight is 440 g/mol. The van der Waals surface area contributed by atoms with Crippen molar-refractivity contribution in [3.63, 3.8) is 0 Å². The number of hydrogen-bond acceptors (Lipinski definition) is 5. The summed E-state index contributed by atoms with van der Waals surface area (Å²) in [4.78, 5) is 24.6. The number of sulfonamides is 1. The minimum absolute atomic E-state index is 0.0138. The topological polar surface area (TPSA) is 88.5 Å². The minimum atomic E-state index is -3.65. The molecule has 7 nitrogen and oxygen atoms in total. The summed E-state index contributed by atoms with van der Waals surface area (Å²) in [5.41, 5.74) is 0.779. The van der Waals surface area contributed by atoms with Crippen molar-refractivity contribution in [1.82, 2.24) is 14.2 Å². The highest BCUT2D eigenvalue weighted by Crippen LogP contribution is 2.27. The van der Waals surface area contributed by atoms with E-state index in [9.17, 15) is 18.0 Å². The van der Waals surface area contributed by atoms with E-state index in [1.807, 2.05) is 20.8 Å². The fraction of sp³-hybridized carbons (Fsp3) is 0.600. The molecule has 0 radical (unpaired) electrons. The predicted octanol–water partition coefficient (Wildman–Crippen LogP) is 2.79. The third kappa shape index (κ3) is 4.57. The highest BCUT2D eigenvalue weighted by Gasteiger charge is 2.32. The quantitative estimate of drug-likeness (QED) is 0.718. The van der Waals surface area contributed by atoms with Crippen LogP contribution >= 0.6 is 11.3 Å². The first kappa shape index (κ1) is 22.0. The van der Waals surface area contributed by atoms with Gasteiger partial charge in [0, 0.05) is 31.6 Å². The van der Waals surface area contributed by atoms with Crippen molar-refractivity contribution in [1.29, 1.82) is 0 Å². The molecule has 1 fully saturated rings. The third-order valence-electron chi connectivity index (χ3n) is 5.55. The van der Waals surface area contributed by atoms with Gasteiger partial charge in [0.2, 0.25) is 15.9 Å². The Bertz CT molecular complexity index is 1030. The molecule has 29 heavy (non-hydrogen) atoms. The number of amides is 1. The van der Waals surface area contributed by atoms with Crippen LogP contribution in [0, 0.1) is 5.92 Å². The lowest BCUT2D eigenvalue weighted by molar-refractivity contribution is -0.126. The van der Waals surface area contributed by atoms with Gasteiger partial charge in [0.1, 0.15) is 0 Å². The molecule has 1 N–H and O–H groups in total. The molecule has 1 aromatic heterocycles. The fourth-order valence-corrected chi connectivity index (χ4v) is 6.14. The lowest BCUT2D eigenvalue weighted by Gasteiger charge is -2.31. The fourth-order valence-electron chi connectivity index (χ4n) is 3.61. The zero-order valence-corrected chi connectivity index (χ0v) is 18.8. The summed E-state index contributed by atoms with van der Waals surface area (Å²) >= 11 is 1.08. The van der Waals surface area contributed by atoms with E-state index in [1.165, 1.54) is 4.31 Å². The molecule has 0 bridgehead atoms. The Labute approximate surface area is 175 Å². The molecule has 1 aliphatic heterocycles. The van der Waals surface area contributed by atoms with Crippen molar-refractivity contribution in [3.05, 3.63) is 27.9 Å². The highest BCUT2D eigenvalue weighted by molar-refractivity contribution is 7.89. The van der Waals surface area contributed by atoms with Gasteiger partial charge < -0.3 is 5.32 Å². The molecular weight excluding hydrogens is 410 g/mol. The second-order valence-corrected chi connectivity index (χ2v) is 10.6. The maximum Gasteiger partial charge on any atom is 0.308 e. The number of aromatic nitrogens is 1. The Morgan fingerprint density at radius 3 is 2.59 bits per heavy atom. The molecule has 2 aromatic rings. The summed E-state index contributed by atoms with van der Waals surface area (Å²) in [5.74, 6) is -0.133. The van der Waals surface area contributed by atoms with E-state index in [4.69, 9.17) is 0 Å². The van der Waals surface area contributed by atoms with Crippen molar-refractivity contribution in [3.8, 4) is 0 Å². The van der Waals surface area contributed by atoms with Gasteiger partial charge in [-0.15, -0.1) is 0 Å². The molecule has 0 unspecified atom stereocenters. The maximum atomic E-state index is 13.1. The molecule has 160 valence electrons. The zero-order chi connectivity index (χ0) is 21.2. The summed E-state index contributed by atoms with van der Waals surface area (Å²) in [7, 11) is -3.65. The maximum absolute atomic E-state index is 13.1. The van der Waals surface area contributed by atoms with Crippen molar-refractivity contribution in [2.75, 3.05) is 13.1 Å². The second kappa shape index (κ2) is 8.97. The van der Waals surface area contributed by atoms with Crippen LogP contribution in [0.2, 0.25) is 0 Å². The number of carbonyl (C=O) groups excluding carboxylic acids is 1. The van der Waals surface area contributed by atoms with Crippen molar-refractivity contribution in [2.45, 2.75) is 63.9 Å². The summed E-state index contributed by atoms with van der Waals surface area (Å²) in [6.45, 7) is 7.26. The lowest BCUT2D eigenvalue weighted by atomic mass is 9.97. The largest absolute Gasteiger partial charge is 0.353 e. The van der Waals surface area contributed by atoms with E-state index in [0.717, 1.165) is 29.7 Å². The van der Waals surface area contributed by atoms with Crippen LogP contribution in [-0.4, -0.2) is 42.3 Å². The number of piperidine rings is 1. The van der Waals surface area contributed by atoms with E-state index < -0.39 is 10.0 Å². The molecule has 1 atom stereocenters. The van der Waals surface area contributed by atoms with E-state index in [-0.39, 0.29) is 27.6 Å². The van der Waals surface area contributed by atoms with Gasteiger partial charge in [-0.3, -0.25) is 14.2 Å². The lowest BCUT2D eigenvalue weighted by Crippen LogP contribution is -2.44. The van der Waals surface area contributed by atoms with Crippen LogP contribution in [0.15, 0.2) is 27.9 Å². The normalized spacial score (nSPS) is 17.5. The Hall–Kier alpha value is -1.71. The van der Waals surface area contributed by atoms with Crippen molar-refractivity contribution < 1.29 is 13.2 Å². The van der Waals surface area contributed by atoms with Gasteiger partial charge in [0.25, 0.3) is 0 Å². The minimum Gasteiger partial charge on any atom is -0.353 e. The number of carbonyl (C=O) groups is 1. The molecule has 0 spiro atoms. The van der Waals surface area contributed by atoms with Gasteiger partial charge >= 0.3 is 4.87 Å². The zero-order valence-electron chi connectivity index (χ0n) is 17.2. The van der Waals surface area contributed by atoms with Crippen LogP contribution in [0.5, 0.6) is 0 Å². The average Bonchev–Trinajstić information content (AvgIpc) is 3.02. The van der Waals surface area contributed by atoms with Crippen molar-refractivity contribution >= 4 is 37.5 Å². The van der Waals surface area contributed by atoms with Crippen LogP contribution in [0.3, 0.4) is 0 Å². The van der Waals surface area contributed by atoms with Gasteiger partial charge in [0.15, 0.2) is 0 Å². The number of aryl methyl sites for hydroxylation is 1. The van der Waals surface area contributed by atoms with E-state index >= 15 is 0 Å². The number of fused-ring (bicyclic) bond motifs is 1. The summed E-state index contributed by atoms with van der Waals surface area (Å²) in [6, 6.07) is 5.04. The van der Waals surface area contributed by atoms with Crippen LogP contribution in [0.1, 0.15) is 46.5 Å². The van der Waals surface area contributed by atoms with Gasteiger partial charge in [-0.05, 0) is 50.8 Å². The Balaban J connectivity index is 1.75. The SMILES string of the molecule is CCCn1c(=O)sc2cc(S(=O)(=O)N3CCC(C(=O)N[C@H](C)CC)CC3)ccc21. The van der Waals surface area contributed by atoms with E-state index in [1.54, 1.807) is 22.8 Å². The first-order chi connectivity index (χ1) is 13.8. The van der Waals surface area contributed by atoms with Crippen molar-refractivity contribution in [2.24, 2.45) is 5.92 Å². The number of nitrogens with zero attached hydrogens (tertiary/aromatic N) is 2. The third-order valence-corrected chi connectivity index (χ3v) is 8.39. The van der Waals surface area contributed by atoms with Gasteiger partial charge in [-0.1, -0.05) is 25.2 Å². The predicted molar refractivity (Wildman–Crippen MR) is 116 cm³/mol. The molecule has 1 saturated heterocycles. The number of nitrogens with one attached hydrogen (secondary N) is 1. The number of benzene rings is 1. The van der Waals surface area contributed by atoms with E-state index in [2.05, 4.69) is 5.32 Å². The molecule has 1 aliphatic rings. The smallest absolute Gasteiger partial charge is 0.308 e. The number of rotatable bonds is 7. The Kier molecular flexibility index (Phi) is 6.80. The molecule has 2 heterocycles. The monoisotopic (exact) mass is 439 g/mol.